The van der Waals surface area contributed by atoms with Gasteiger partial charge in [-0.25, -0.2) is 8.78 Å². The molecule has 7 heteroatoms. The van der Waals surface area contributed by atoms with Crippen LogP contribution in [0.3, 0.4) is 0 Å². The molecule has 1 amide bonds. The quantitative estimate of drug-likeness (QED) is 0.767. The number of ether oxygens (including phenoxy) is 1. The number of benzene rings is 1. The molecule has 0 spiro atoms. The van der Waals surface area contributed by atoms with E-state index in [4.69, 9.17) is 5.26 Å². The van der Waals surface area contributed by atoms with Gasteiger partial charge in [-0.15, -0.1) is 0 Å². The highest BCUT2D eigenvalue weighted by atomic mass is 19.1. The Kier molecular flexibility index (Phi) is 3.66. The van der Waals surface area contributed by atoms with E-state index in [2.05, 4.69) is 4.74 Å². The molecule has 1 heterocycles. The molecule has 5 nitrogen and oxygen atoms in total. The Bertz CT molecular complexity index is 625. The second-order valence-corrected chi connectivity index (χ2v) is 4.32. The van der Waals surface area contributed by atoms with Gasteiger partial charge in [-0.05, 0) is 6.07 Å². The summed E-state index contributed by atoms with van der Waals surface area (Å²) in [5.41, 5.74) is -0.722. The molecule has 1 fully saturated rings. The van der Waals surface area contributed by atoms with E-state index in [1.165, 1.54) is 13.2 Å². The Morgan fingerprint density at radius 1 is 1.45 bits per heavy atom. The predicted molar refractivity (Wildman–Crippen MR) is 63.5 cm³/mol. The lowest BCUT2D eigenvalue weighted by molar-refractivity contribution is -0.145. The molecular formula is C13H10F2N2O3. The van der Waals surface area contributed by atoms with Crippen molar-refractivity contribution in [3.8, 4) is 6.07 Å². The van der Waals surface area contributed by atoms with E-state index in [9.17, 15) is 18.4 Å². The lowest BCUT2D eigenvalue weighted by Gasteiger charge is -2.17. The van der Waals surface area contributed by atoms with Gasteiger partial charge in [-0.2, -0.15) is 5.26 Å². The zero-order valence-electron chi connectivity index (χ0n) is 10.5. The van der Waals surface area contributed by atoms with Gasteiger partial charge < -0.3 is 9.64 Å². The van der Waals surface area contributed by atoms with E-state index >= 15 is 0 Å². The Hall–Kier alpha value is -2.49. The summed E-state index contributed by atoms with van der Waals surface area (Å²) in [7, 11) is 1.19. The van der Waals surface area contributed by atoms with Gasteiger partial charge in [0.25, 0.3) is 0 Å². The molecule has 0 N–H and O–H groups in total. The molecule has 0 aliphatic carbocycles. The molecule has 1 aromatic rings. The number of anilines is 1. The van der Waals surface area contributed by atoms with Crippen molar-refractivity contribution >= 4 is 17.6 Å². The molecule has 1 unspecified atom stereocenters. The van der Waals surface area contributed by atoms with Crippen LogP contribution < -0.4 is 4.90 Å². The minimum atomic E-state index is -0.918. The maximum atomic E-state index is 13.8. The number of esters is 1. The number of rotatable bonds is 2. The van der Waals surface area contributed by atoms with Gasteiger partial charge in [0, 0.05) is 19.0 Å². The maximum absolute atomic E-state index is 13.8. The zero-order valence-corrected chi connectivity index (χ0v) is 10.5. The third-order valence-electron chi connectivity index (χ3n) is 3.11. The summed E-state index contributed by atoms with van der Waals surface area (Å²) in [5, 5.41) is 8.60. The first kappa shape index (κ1) is 13.9. The number of nitriles is 1. The van der Waals surface area contributed by atoms with Gasteiger partial charge in [0.2, 0.25) is 5.91 Å². The summed E-state index contributed by atoms with van der Waals surface area (Å²) in [5.74, 6) is -3.58. The van der Waals surface area contributed by atoms with Crippen LogP contribution in [-0.2, 0) is 14.3 Å². The highest BCUT2D eigenvalue weighted by Gasteiger charge is 2.37. The minimum Gasteiger partial charge on any atom is -0.469 e. The molecule has 1 atom stereocenters. The van der Waals surface area contributed by atoms with Crippen LogP contribution in [-0.4, -0.2) is 25.5 Å². The number of methoxy groups -OCH3 is 1. The van der Waals surface area contributed by atoms with Crippen molar-refractivity contribution in [1.29, 1.82) is 5.26 Å². The fraction of sp³-hybridized carbons (Fsp3) is 0.308. The van der Waals surface area contributed by atoms with Crippen molar-refractivity contribution in [3.05, 3.63) is 29.3 Å². The van der Waals surface area contributed by atoms with Gasteiger partial charge in [-0.1, -0.05) is 0 Å². The Labute approximate surface area is 113 Å². The summed E-state index contributed by atoms with van der Waals surface area (Å²) < 4.78 is 31.9. The molecule has 0 bridgehead atoms. The summed E-state index contributed by atoms with van der Waals surface area (Å²) in [4.78, 5) is 24.2. The first-order valence-corrected chi connectivity index (χ1v) is 5.75. The second kappa shape index (κ2) is 5.25. The van der Waals surface area contributed by atoms with E-state index in [0.29, 0.717) is 0 Å². The van der Waals surface area contributed by atoms with Crippen molar-refractivity contribution < 1.29 is 23.1 Å². The molecule has 0 aromatic heterocycles. The molecule has 20 heavy (non-hydrogen) atoms. The number of nitrogens with zero attached hydrogens (tertiary/aromatic N) is 2. The Morgan fingerprint density at radius 2 is 2.15 bits per heavy atom. The number of hydrogen-bond donors (Lipinski definition) is 0. The lowest BCUT2D eigenvalue weighted by atomic mass is 10.1. The fourth-order valence-electron chi connectivity index (χ4n) is 2.09. The molecule has 0 saturated carbocycles. The van der Waals surface area contributed by atoms with Crippen LogP contribution in [0, 0.1) is 28.9 Å². The number of hydrogen-bond acceptors (Lipinski definition) is 4. The summed E-state index contributed by atoms with van der Waals surface area (Å²) >= 11 is 0. The first-order chi connectivity index (χ1) is 9.47. The van der Waals surface area contributed by atoms with Crippen LogP contribution in [0.2, 0.25) is 0 Å². The van der Waals surface area contributed by atoms with Crippen molar-refractivity contribution in [3.63, 3.8) is 0 Å². The number of amides is 1. The zero-order chi connectivity index (χ0) is 14.9. The first-order valence-electron chi connectivity index (χ1n) is 5.75. The van der Waals surface area contributed by atoms with Crippen LogP contribution in [0.5, 0.6) is 0 Å². The highest BCUT2D eigenvalue weighted by Crippen LogP contribution is 2.29. The van der Waals surface area contributed by atoms with Crippen molar-refractivity contribution in [2.75, 3.05) is 18.6 Å². The lowest BCUT2D eigenvalue weighted by Crippen LogP contribution is -2.27. The largest absolute Gasteiger partial charge is 0.469 e. The maximum Gasteiger partial charge on any atom is 0.311 e. The summed E-state index contributed by atoms with van der Waals surface area (Å²) in [6.45, 7) is -0.0756. The molecule has 1 aliphatic heterocycles. The topological polar surface area (TPSA) is 70.4 Å². The third kappa shape index (κ3) is 2.32. The Morgan fingerprint density at radius 3 is 2.75 bits per heavy atom. The van der Waals surface area contributed by atoms with Gasteiger partial charge in [-0.3, -0.25) is 9.59 Å². The smallest absolute Gasteiger partial charge is 0.311 e. The van der Waals surface area contributed by atoms with Crippen LogP contribution in [0.4, 0.5) is 14.5 Å². The highest BCUT2D eigenvalue weighted by molar-refractivity contribution is 5.99. The molecular weight excluding hydrogens is 270 g/mol. The van der Waals surface area contributed by atoms with E-state index in [1.54, 1.807) is 0 Å². The van der Waals surface area contributed by atoms with E-state index < -0.39 is 35.0 Å². The summed E-state index contributed by atoms with van der Waals surface area (Å²) in [6, 6.07) is 3.02. The van der Waals surface area contributed by atoms with Gasteiger partial charge in [0.1, 0.15) is 17.7 Å². The van der Waals surface area contributed by atoms with Gasteiger partial charge >= 0.3 is 5.97 Å². The molecule has 1 aliphatic rings. The molecule has 2 rings (SSSR count). The SMILES string of the molecule is COC(=O)C1CC(=O)N(c2cc(F)c(C#N)cc2F)C1. The van der Waals surface area contributed by atoms with Crippen LogP contribution in [0.1, 0.15) is 12.0 Å². The average molecular weight is 280 g/mol. The third-order valence-corrected chi connectivity index (χ3v) is 3.11. The fourth-order valence-corrected chi connectivity index (χ4v) is 2.09. The molecule has 0 radical (unpaired) electrons. The van der Waals surface area contributed by atoms with E-state index in [1.807, 2.05) is 0 Å². The molecule has 1 aromatic carbocycles. The van der Waals surface area contributed by atoms with E-state index in [-0.39, 0.29) is 18.7 Å². The van der Waals surface area contributed by atoms with Gasteiger partial charge in [0.05, 0.1) is 24.3 Å². The predicted octanol–water partition coefficient (Wildman–Crippen LogP) is 1.36. The van der Waals surface area contributed by atoms with Crippen LogP contribution >= 0.6 is 0 Å². The number of carbonyl (C=O) groups excluding carboxylic acids is 2. The van der Waals surface area contributed by atoms with Gasteiger partial charge in [0.15, 0.2) is 0 Å². The normalized spacial score (nSPS) is 18.0. The van der Waals surface area contributed by atoms with Crippen molar-refractivity contribution in [1.82, 2.24) is 0 Å². The average Bonchev–Trinajstić information content (AvgIpc) is 2.81. The molecule has 1 saturated heterocycles. The van der Waals surface area contributed by atoms with Crippen molar-refractivity contribution in [2.24, 2.45) is 5.92 Å². The minimum absolute atomic E-state index is 0.0756. The monoisotopic (exact) mass is 280 g/mol. The molecule has 104 valence electrons. The van der Waals surface area contributed by atoms with Crippen molar-refractivity contribution in [2.45, 2.75) is 6.42 Å². The van der Waals surface area contributed by atoms with Crippen LogP contribution in [0.25, 0.3) is 0 Å². The second-order valence-electron chi connectivity index (χ2n) is 4.32. The van der Waals surface area contributed by atoms with Crippen LogP contribution in [0.15, 0.2) is 12.1 Å². The summed E-state index contributed by atoms with van der Waals surface area (Å²) in [6.07, 6.45) is -0.117. The number of halogens is 2. The Balaban J connectivity index is 2.34. The number of carbonyl (C=O) groups is 2. The van der Waals surface area contributed by atoms with E-state index in [0.717, 1.165) is 17.0 Å². The standard InChI is InChI=1S/C13H10F2N2O3/c1-20-13(19)8-3-12(18)17(6-8)11-4-9(14)7(5-16)2-10(11)15/h2,4,8H,3,6H2,1H3.